The summed E-state index contributed by atoms with van der Waals surface area (Å²) in [6, 6.07) is 5.12. The summed E-state index contributed by atoms with van der Waals surface area (Å²) in [5.74, 6) is -1.37. The van der Waals surface area contributed by atoms with Crippen LogP contribution in [-0.4, -0.2) is 53.0 Å². The first-order chi connectivity index (χ1) is 14.0. The molecule has 2 unspecified atom stereocenters. The lowest BCUT2D eigenvalue weighted by molar-refractivity contribution is -0.145. The summed E-state index contributed by atoms with van der Waals surface area (Å²) in [6.45, 7) is 2.77. The molecule has 0 aromatic carbocycles. The number of amides is 1. The predicted octanol–water partition coefficient (Wildman–Crippen LogP) is 2.10. The Morgan fingerprint density at radius 1 is 1.14 bits per heavy atom. The normalized spacial score (nSPS) is 17.3. The van der Waals surface area contributed by atoms with E-state index in [0.29, 0.717) is 26.1 Å². The van der Waals surface area contributed by atoms with Crippen molar-refractivity contribution in [1.82, 2.24) is 14.9 Å². The largest absolute Gasteiger partial charge is 0.466 e. The van der Waals surface area contributed by atoms with Gasteiger partial charge in [-0.05, 0) is 37.0 Å². The molecule has 0 spiro atoms. The van der Waals surface area contributed by atoms with Crippen LogP contribution in [-0.2, 0) is 20.8 Å². The van der Waals surface area contributed by atoms with Crippen LogP contribution in [0.4, 0.5) is 0 Å². The maximum Gasteiger partial charge on any atom is 0.338 e. The van der Waals surface area contributed by atoms with Crippen LogP contribution < -0.4 is 0 Å². The molecule has 8 heteroatoms. The second-order valence-corrected chi connectivity index (χ2v) is 6.81. The summed E-state index contributed by atoms with van der Waals surface area (Å²) >= 11 is 0. The maximum atomic E-state index is 13.3. The van der Waals surface area contributed by atoms with Gasteiger partial charge in [-0.15, -0.1) is 0 Å². The molecule has 2 aromatic rings. The highest BCUT2D eigenvalue weighted by Gasteiger charge is 2.45. The average Bonchev–Trinajstić information content (AvgIpc) is 3.52. The van der Waals surface area contributed by atoms with Crippen LogP contribution in [0.2, 0.25) is 0 Å². The molecule has 2 heterocycles. The second-order valence-electron chi connectivity index (χ2n) is 6.81. The number of methoxy groups -OCH3 is 1. The number of esters is 2. The Balaban J connectivity index is 1.83. The number of carbonyl (C=O) groups is 3. The lowest BCUT2D eigenvalue weighted by Crippen LogP contribution is -2.34. The molecule has 1 aliphatic rings. The van der Waals surface area contributed by atoms with E-state index in [1.54, 1.807) is 30.3 Å². The van der Waals surface area contributed by atoms with Crippen LogP contribution in [0, 0.1) is 11.8 Å². The van der Waals surface area contributed by atoms with Crippen molar-refractivity contribution in [3.8, 4) is 0 Å². The fourth-order valence-electron chi connectivity index (χ4n) is 3.22. The SMILES string of the molecule is CCOC(=O)C1CC1CN(Cc1cccnc1)C(=O)c1cnccc1C(=O)OC. The number of pyridine rings is 2. The van der Waals surface area contributed by atoms with E-state index in [-0.39, 0.29) is 34.8 Å². The minimum absolute atomic E-state index is 0.0212. The maximum absolute atomic E-state index is 13.3. The molecule has 1 saturated carbocycles. The number of carbonyl (C=O) groups excluding carboxylic acids is 3. The van der Waals surface area contributed by atoms with E-state index in [1.165, 1.54) is 25.6 Å². The van der Waals surface area contributed by atoms with Crippen LogP contribution in [0.25, 0.3) is 0 Å². The molecule has 3 rings (SSSR count). The Bertz CT molecular complexity index is 887. The van der Waals surface area contributed by atoms with Crippen molar-refractivity contribution >= 4 is 17.8 Å². The van der Waals surface area contributed by atoms with Gasteiger partial charge in [-0.2, -0.15) is 0 Å². The van der Waals surface area contributed by atoms with Crippen molar-refractivity contribution in [2.75, 3.05) is 20.3 Å². The Hall–Kier alpha value is -3.29. The molecular formula is C21H23N3O5. The number of nitrogens with zero attached hydrogens (tertiary/aromatic N) is 3. The Morgan fingerprint density at radius 2 is 1.93 bits per heavy atom. The number of ether oxygens (including phenoxy) is 2. The number of hydrogen-bond donors (Lipinski definition) is 0. The topological polar surface area (TPSA) is 98.7 Å². The van der Waals surface area contributed by atoms with Gasteiger partial charge in [-0.3, -0.25) is 19.6 Å². The lowest BCUT2D eigenvalue weighted by Gasteiger charge is -2.23. The third kappa shape index (κ3) is 4.96. The number of rotatable bonds is 8. The summed E-state index contributed by atoms with van der Waals surface area (Å²) < 4.78 is 9.87. The van der Waals surface area contributed by atoms with E-state index >= 15 is 0 Å². The van der Waals surface area contributed by atoms with Crippen molar-refractivity contribution in [1.29, 1.82) is 0 Å². The first-order valence-electron chi connectivity index (χ1n) is 9.42. The highest BCUT2D eigenvalue weighted by Crippen LogP contribution is 2.40. The summed E-state index contributed by atoms with van der Waals surface area (Å²) in [6.07, 6.45) is 6.81. The summed E-state index contributed by atoms with van der Waals surface area (Å²) in [5.41, 5.74) is 1.16. The molecule has 1 amide bonds. The van der Waals surface area contributed by atoms with Crippen LogP contribution in [0.15, 0.2) is 43.0 Å². The first-order valence-corrected chi connectivity index (χ1v) is 9.42. The molecule has 0 radical (unpaired) electrons. The zero-order valence-corrected chi connectivity index (χ0v) is 16.4. The lowest BCUT2D eigenvalue weighted by atomic mass is 10.1. The first kappa shape index (κ1) is 20.4. The zero-order chi connectivity index (χ0) is 20.8. The summed E-state index contributed by atoms with van der Waals surface area (Å²) in [5, 5.41) is 0. The molecular weight excluding hydrogens is 374 g/mol. The van der Waals surface area contributed by atoms with Crippen LogP contribution >= 0.6 is 0 Å². The van der Waals surface area contributed by atoms with E-state index in [9.17, 15) is 14.4 Å². The van der Waals surface area contributed by atoms with Crippen molar-refractivity contribution in [2.24, 2.45) is 11.8 Å². The number of aromatic nitrogens is 2. The predicted molar refractivity (Wildman–Crippen MR) is 103 cm³/mol. The summed E-state index contributed by atoms with van der Waals surface area (Å²) in [7, 11) is 1.26. The van der Waals surface area contributed by atoms with E-state index in [2.05, 4.69) is 9.97 Å². The van der Waals surface area contributed by atoms with Crippen LogP contribution in [0.5, 0.6) is 0 Å². The van der Waals surface area contributed by atoms with E-state index in [0.717, 1.165) is 5.56 Å². The highest BCUT2D eigenvalue weighted by atomic mass is 16.5. The van der Waals surface area contributed by atoms with E-state index in [4.69, 9.17) is 9.47 Å². The molecule has 29 heavy (non-hydrogen) atoms. The molecule has 8 nitrogen and oxygen atoms in total. The fraction of sp³-hybridized carbons (Fsp3) is 0.381. The van der Waals surface area contributed by atoms with E-state index < -0.39 is 5.97 Å². The Labute approximate surface area is 168 Å². The van der Waals surface area contributed by atoms with Gasteiger partial charge in [-0.1, -0.05) is 6.07 Å². The Morgan fingerprint density at radius 3 is 2.62 bits per heavy atom. The minimum atomic E-state index is -0.604. The van der Waals surface area contributed by atoms with Gasteiger partial charge in [0.05, 0.1) is 30.8 Å². The molecule has 2 aromatic heterocycles. The van der Waals surface area contributed by atoms with Gasteiger partial charge in [0, 0.05) is 37.9 Å². The van der Waals surface area contributed by atoms with Crippen molar-refractivity contribution in [3.05, 3.63) is 59.7 Å². The molecule has 1 fully saturated rings. The van der Waals surface area contributed by atoms with Gasteiger partial charge in [-0.25, -0.2) is 4.79 Å². The quantitative estimate of drug-likeness (QED) is 0.629. The molecule has 1 aliphatic carbocycles. The second kappa shape index (κ2) is 9.27. The van der Waals surface area contributed by atoms with Crippen LogP contribution in [0.3, 0.4) is 0 Å². The smallest absolute Gasteiger partial charge is 0.338 e. The fourth-order valence-corrected chi connectivity index (χ4v) is 3.22. The Kier molecular flexibility index (Phi) is 6.54. The summed E-state index contributed by atoms with van der Waals surface area (Å²) in [4.78, 5) is 47.0. The van der Waals surface area contributed by atoms with Gasteiger partial charge in [0.2, 0.25) is 0 Å². The van der Waals surface area contributed by atoms with Crippen molar-refractivity contribution in [2.45, 2.75) is 19.9 Å². The van der Waals surface area contributed by atoms with Gasteiger partial charge in [0.1, 0.15) is 0 Å². The molecule has 0 saturated heterocycles. The van der Waals surface area contributed by atoms with Crippen molar-refractivity contribution < 1.29 is 23.9 Å². The van der Waals surface area contributed by atoms with Crippen molar-refractivity contribution in [3.63, 3.8) is 0 Å². The standard InChI is InChI=1S/C21H23N3O5/c1-3-29-21(27)17-9-15(17)13-24(12-14-5-4-7-22-10-14)19(25)18-11-23-8-6-16(18)20(26)28-2/h4-8,10-11,15,17H,3,9,12-13H2,1-2H3. The molecule has 0 N–H and O–H groups in total. The van der Waals surface area contributed by atoms with Gasteiger partial charge >= 0.3 is 11.9 Å². The van der Waals surface area contributed by atoms with Gasteiger partial charge in [0.25, 0.3) is 5.91 Å². The molecule has 2 atom stereocenters. The van der Waals surface area contributed by atoms with Crippen LogP contribution in [0.1, 0.15) is 39.6 Å². The minimum Gasteiger partial charge on any atom is -0.466 e. The molecule has 0 bridgehead atoms. The van der Waals surface area contributed by atoms with Gasteiger partial charge in [0.15, 0.2) is 0 Å². The zero-order valence-electron chi connectivity index (χ0n) is 16.4. The monoisotopic (exact) mass is 397 g/mol. The van der Waals surface area contributed by atoms with Gasteiger partial charge < -0.3 is 14.4 Å². The highest BCUT2D eigenvalue weighted by molar-refractivity contribution is 6.05. The third-order valence-electron chi connectivity index (χ3n) is 4.81. The average molecular weight is 397 g/mol. The number of hydrogen-bond acceptors (Lipinski definition) is 7. The van der Waals surface area contributed by atoms with E-state index in [1.807, 2.05) is 6.07 Å². The molecule has 0 aliphatic heterocycles. The third-order valence-corrected chi connectivity index (χ3v) is 4.81. The molecule has 152 valence electrons.